The van der Waals surface area contributed by atoms with Crippen LogP contribution in [0.1, 0.15) is 0 Å². The molecule has 1 aromatic carbocycles. The Morgan fingerprint density at radius 1 is 1.50 bits per heavy atom. The Kier molecular flexibility index (Phi) is 4.51. The van der Waals surface area contributed by atoms with Gasteiger partial charge < -0.3 is 9.47 Å². The van der Waals surface area contributed by atoms with Crippen LogP contribution < -0.4 is 4.74 Å². The molecule has 0 saturated carbocycles. The maximum Gasteiger partial charge on any atom is 0.188 e. The van der Waals surface area contributed by atoms with E-state index < -0.39 is 0 Å². The lowest BCUT2D eigenvalue weighted by molar-refractivity contribution is 0.0488. The van der Waals surface area contributed by atoms with E-state index in [4.69, 9.17) is 21.1 Å². The number of thioether (sulfide) groups is 1. The molecule has 0 saturated heterocycles. The van der Waals surface area contributed by atoms with E-state index in [0.29, 0.717) is 15.7 Å². The molecule has 0 atom stereocenters. The first kappa shape index (κ1) is 11.6. The maximum absolute atomic E-state index is 13.3. The summed E-state index contributed by atoms with van der Waals surface area (Å²) in [4.78, 5) is 0.398. The highest BCUT2D eigenvalue weighted by atomic mass is 35.5. The van der Waals surface area contributed by atoms with Crippen molar-refractivity contribution in [1.82, 2.24) is 0 Å². The minimum absolute atomic E-state index is 0.0523. The van der Waals surface area contributed by atoms with Crippen molar-refractivity contribution < 1.29 is 13.9 Å². The smallest absolute Gasteiger partial charge is 0.188 e. The standard InChI is InChI=1S/C9H10ClFO2S/c1-12-5-13-8-6(10)3-4-7(11)9(8)14-2/h3-4H,5H2,1-2H3. The molecule has 78 valence electrons. The van der Waals surface area contributed by atoms with Crippen LogP contribution >= 0.6 is 23.4 Å². The zero-order valence-electron chi connectivity index (χ0n) is 7.84. The molecule has 0 fully saturated rings. The summed E-state index contributed by atoms with van der Waals surface area (Å²) >= 11 is 7.10. The van der Waals surface area contributed by atoms with Crippen molar-refractivity contribution in [2.45, 2.75) is 4.90 Å². The molecule has 0 aliphatic heterocycles. The second-order valence-corrected chi connectivity index (χ2v) is 3.67. The number of halogens is 2. The molecule has 0 N–H and O–H groups in total. The molecule has 5 heteroatoms. The maximum atomic E-state index is 13.3. The minimum Gasteiger partial charge on any atom is -0.465 e. The Bertz CT molecular complexity index is 320. The van der Waals surface area contributed by atoms with Crippen molar-refractivity contribution in [3.63, 3.8) is 0 Å². The zero-order valence-corrected chi connectivity index (χ0v) is 9.41. The monoisotopic (exact) mass is 236 g/mol. The molecule has 0 aliphatic rings. The molecule has 2 nitrogen and oxygen atoms in total. The van der Waals surface area contributed by atoms with Gasteiger partial charge in [0.05, 0.1) is 9.92 Å². The van der Waals surface area contributed by atoms with E-state index in [2.05, 4.69) is 0 Å². The normalized spacial score (nSPS) is 10.3. The summed E-state index contributed by atoms with van der Waals surface area (Å²) in [5.41, 5.74) is 0. The van der Waals surface area contributed by atoms with Gasteiger partial charge in [0.1, 0.15) is 5.82 Å². The van der Waals surface area contributed by atoms with Gasteiger partial charge in [0, 0.05) is 7.11 Å². The number of methoxy groups -OCH3 is 1. The number of hydrogen-bond donors (Lipinski definition) is 0. The molecular formula is C9H10ClFO2S. The van der Waals surface area contributed by atoms with Gasteiger partial charge in [0.15, 0.2) is 12.5 Å². The highest BCUT2D eigenvalue weighted by Crippen LogP contribution is 2.36. The van der Waals surface area contributed by atoms with Gasteiger partial charge in [-0.3, -0.25) is 0 Å². The van der Waals surface area contributed by atoms with E-state index in [1.807, 2.05) is 0 Å². The van der Waals surface area contributed by atoms with Crippen molar-refractivity contribution in [3.05, 3.63) is 23.0 Å². The molecule has 0 bridgehead atoms. The number of rotatable bonds is 4. The van der Waals surface area contributed by atoms with Crippen LogP contribution in [-0.4, -0.2) is 20.2 Å². The van der Waals surface area contributed by atoms with E-state index in [0.717, 1.165) is 0 Å². The van der Waals surface area contributed by atoms with Crippen LogP contribution in [0.2, 0.25) is 5.02 Å². The molecule has 0 spiro atoms. The molecule has 0 heterocycles. The second kappa shape index (κ2) is 5.44. The second-order valence-electron chi connectivity index (χ2n) is 2.44. The van der Waals surface area contributed by atoms with E-state index >= 15 is 0 Å². The van der Waals surface area contributed by atoms with E-state index in [9.17, 15) is 4.39 Å². The highest BCUT2D eigenvalue weighted by molar-refractivity contribution is 7.98. The SMILES string of the molecule is COCOc1c(Cl)ccc(F)c1SC. The fourth-order valence-electron chi connectivity index (χ4n) is 0.957. The third-order valence-electron chi connectivity index (χ3n) is 1.54. The fourth-order valence-corrected chi connectivity index (χ4v) is 1.84. The average molecular weight is 237 g/mol. The van der Waals surface area contributed by atoms with Crippen LogP contribution in [-0.2, 0) is 4.74 Å². The molecule has 14 heavy (non-hydrogen) atoms. The molecule has 0 aliphatic carbocycles. The van der Waals surface area contributed by atoms with Crippen molar-refractivity contribution in [1.29, 1.82) is 0 Å². The first-order valence-corrected chi connectivity index (χ1v) is 5.44. The molecular weight excluding hydrogens is 227 g/mol. The summed E-state index contributed by atoms with van der Waals surface area (Å²) in [6.07, 6.45) is 1.76. The van der Waals surface area contributed by atoms with E-state index in [1.165, 1.54) is 31.0 Å². The first-order valence-electron chi connectivity index (χ1n) is 3.84. The molecule has 0 radical (unpaired) electrons. The summed E-state index contributed by atoms with van der Waals surface area (Å²) in [6, 6.07) is 2.77. The van der Waals surface area contributed by atoms with Gasteiger partial charge in [-0.05, 0) is 18.4 Å². The highest BCUT2D eigenvalue weighted by Gasteiger charge is 2.12. The summed E-state index contributed by atoms with van der Waals surface area (Å²) in [6.45, 7) is 0.0523. The summed E-state index contributed by atoms with van der Waals surface area (Å²) in [5.74, 6) is -0.00554. The molecule has 1 rings (SSSR count). The largest absolute Gasteiger partial charge is 0.465 e. The van der Waals surface area contributed by atoms with E-state index in [1.54, 1.807) is 6.26 Å². The molecule has 0 unspecified atom stereocenters. The van der Waals surface area contributed by atoms with Crippen molar-refractivity contribution >= 4 is 23.4 Å². The van der Waals surface area contributed by atoms with Crippen molar-refractivity contribution in [2.24, 2.45) is 0 Å². The fraction of sp³-hybridized carbons (Fsp3) is 0.333. The quantitative estimate of drug-likeness (QED) is 0.591. The third kappa shape index (κ3) is 2.53. The minimum atomic E-state index is -0.340. The Morgan fingerprint density at radius 2 is 2.21 bits per heavy atom. The van der Waals surface area contributed by atoms with Gasteiger partial charge in [-0.2, -0.15) is 0 Å². The van der Waals surface area contributed by atoms with Crippen LogP contribution in [0.25, 0.3) is 0 Å². The summed E-state index contributed by atoms with van der Waals surface area (Å²) in [5, 5.41) is 0.382. The lowest BCUT2D eigenvalue weighted by Gasteiger charge is -2.11. The first-order chi connectivity index (χ1) is 6.70. The summed E-state index contributed by atoms with van der Waals surface area (Å²) < 4.78 is 23.2. The van der Waals surface area contributed by atoms with Crippen LogP contribution in [0, 0.1) is 5.82 Å². The molecule has 0 aromatic heterocycles. The Hall–Kier alpha value is -0.450. The van der Waals surface area contributed by atoms with Gasteiger partial charge in [0.2, 0.25) is 0 Å². The van der Waals surface area contributed by atoms with E-state index in [-0.39, 0.29) is 12.6 Å². The Balaban J connectivity index is 3.03. The van der Waals surface area contributed by atoms with Gasteiger partial charge in [-0.15, -0.1) is 11.8 Å². The molecule has 0 amide bonds. The Morgan fingerprint density at radius 3 is 2.79 bits per heavy atom. The zero-order chi connectivity index (χ0) is 10.6. The van der Waals surface area contributed by atoms with Gasteiger partial charge in [0.25, 0.3) is 0 Å². The van der Waals surface area contributed by atoms with Crippen LogP contribution in [0.4, 0.5) is 4.39 Å². The lowest BCUT2D eigenvalue weighted by Crippen LogP contribution is -2.01. The number of benzene rings is 1. The Labute approximate surface area is 91.3 Å². The summed E-state index contributed by atoms with van der Waals surface area (Å²) in [7, 11) is 1.49. The lowest BCUT2D eigenvalue weighted by atomic mass is 10.3. The number of ether oxygens (including phenoxy) is 2. The van der Waals surface area contributed by atoms with Crippen molar-refractivity contribution in [2.75, 3.05) is 20.2 Å². The van der Waals surface area contributed by atoms with Crippen molar-refractivity contribution in [3.8, 4) is 5.75 Å². The molecule has 1 aromatic rings. The van der Waals surface area contributed by atoms with Gasteiger partial charge in [-0.25, -0.2) is 4.39 Å². The van der Waals surface area contributed by atoms with Gasteiger partial charge in [-0.1, -0.05) is 11.6 Å². The van der Waals surface area contributed by atoms with Gasteiger partial charge >= 0.3 is 0 Å². The number of hydrogen-bond acceptors (Lipinski definition) is 3. The third-order valence-corrected chi connectivity index (χ3v) is 2.63. The van der Waals surface area contributed by atoms with Crippen LogP contribution in [0.3, 0.4) is 0 Å². The van der Waals surface area contributed by atoms with Crippen LogP contribution in [0.5, 0.6) is 5.75 Å². The predicted octanol–water partition coefficient (Wildman–Crippen LogP) is 3.18. The average Bonchev–Trinajstić information content (AvgIpc) is 2.19. The predicted molar refractivity (Wildman–Crippen MR) is 55.7 cm³/mol. The topological polar surface area (TPSA) is 18.5 Å². The van der Waals surface area contributed by atoms with Crippen LogP contribution in [0.15, 0.2) is 17.0 Å².